The zero-order valence-electron chi connectivity index (χ0n) is 9.97. The average Bonchev–Trinajstić information content (AvgIpc) is 2.93. The Morgan fingerprint density at radius 3 is 3.06 bits per heavy atom. The summed E-state index contributed by atoms with van der Waals surface area (Å²) in [7, 11) is 0. The highest BCUT2D eigenvalue weighted by atomic mass is 32.1. The molecule has 0 saturated carbocycles. The fraction of sp³-hybridized carbons (Fsp3) is 0.364. The van der Waals surface area contributed by atoms with Crippen molar-refractivity contribution >= 4 is 22.9 Å². The number of aromatic amines is 1. The number of hydrogen-bond donors (Lipinski definition) is 2. The number of H-pyrrole nitrogens is 1. The number of hydrogen-bond acceptors (Lipinski definition) is 4. The highest BCUT2D eigenvalue weighted by molar-refractivity contribution is 7.07. The Bertz CT molecular complexity index is 570. The Hall–Kier alpha value is -1.89. The predicted octanol–water partition coefficient (Wildman–Crippen LogP) is 1.36. The molecule has 0 aliphatic carbocycles. The minimum atomic E-state index is -0.0719. The molecule has 2 aromatic rings. The van der Waals surface area contributed by atoms with E-state index in [1.807, 2.05) is 12.3 Å². The number of carbonyl (C=O) groups excluding carboxylic acids is 1. The number of aromatic nitrogens is 3. The largest absolute Gasteiger partial charge is 0.323 e. The molecule has 0 aliphatic heterocycles. The lowest BCUT2D eigenvalue weighted by Crippen LogP contribution is -2.17. The first kappa shape index (κ1) is 12.6. The van der Waals surface area contributed by atoms with Crippen molar-refractivity contribution in [1.82, 2.24) is 14.8 Å². The van der Waals surface area contributed by atoms with E-state index in [-0.39, 0.29) is 10.8 Å². The van der Waals surface area contributed by atoms with Gasteiger partial charge in [0.25, 0.3) is 0 Å². The summed E-state index contributed by atoms with van der Waals surface area (Å²) in [5, 5.41) is 10.9. The highest BCUT2D eigenvalue weighted by Crippen LogP contribution is 2.05. The number of anilines is 1. The lowest BCUT2D eigenvalue weighted by atomic mass is 10.3. The van der Waals surface area contributed by atoms with Crippen molar-refractivity contribution in [3.8, 4) is 0 Å². The van der Waals surface area contributed by atoms with E-state index in [1.165, 1.54) is 11.3 Å². The zero-order chi connectivity index (χ0) is 13.0. The summed E-state index contributed by atoms with van der Waals surface area (Å²) >= 11 is 1.19. The summed E-state index contributed by atoms with van der Waals surface area (Å²) in [5.74, 6) is -0.0719. The quantitative estimate of drug-likeness (QED) is 0.857. The molecule has 0 fully saturated rings. The van der Waals surface area contributed by atoms with E-state index in [9.17, 15) is 9.59 Å². The van der Waals surface area contributed by atoms with Gasteiger partial charge in [0.05, 0.1) is 11.9 Å². The number of carbonyl (C=O) groups is 1. The van der Waals surface area contributed by atoms with Gasteiger partial charge in [-0.05, 0) is 13.3 Å². The van der Waals surface area contributed by atoms with Gasteiger partial charge < -0.3 is 9.88 Å². The van der Waals surface area contributed by atoms with E-state index in [0.717, 1.165) is 5.69 Å². The molecule has 0 radical (unpaired) electrons. The van der Waals surface area contributed by atoms with E-state index in [1.54, 1.807) is 17.0 Å². The van der Waals surface area contributed by atoms with Gasteiger partial charge in [-0.1, -0.05) is 11.3 Å². The fourth-order valence-corrected chi connectivity index (χ4v) is 2.38. The number of amides is 1. The first-order valence-electron chi connectivity index (χ1n) is 5.60. The summed E-state index contributed by atoms with van der Waals surface area (Å²) in [6.45, 7) is 2.47. The maximum Gasteiger partial charge on any atom is 0.307 e. The Labute approximate surface area is 108 Å². The third-order valence-corrected chi connectivity index (χ3v) is 3.42. The third-order valence-electron chi connectivity index (χ3n) is 2.54. The summed E-state index contributed by atoms with van der Waals surface area (Å²) < 4.78 is 1.69. The van der Waals surface area contributed by atoms with Gasteiger partial charge in [0, 0.05) is 30.2 Å². The molecule has 2 aromatic heterocycles. The zero-order valence-corrected chi connectivity index (χ0v) is 10.8. The van der Waals surface area contributed by atoms with Crippen LogP contribution in [0.1, 0.15) is 18.5 Å². The number of aryl methyl sites for hydroxylation is 1. The van der Waals surface area contributed by atoms with Crippen LogP contribution < -0.4 is 10.2 Å². The molecule has 0 bridgehead atoms. The molecule has 1 amide bonds. The topological polar surface area (TPSA) is 79.8 Å². The van der Waals surface area contributed by atoms with Crippen LogP contribution in [0.2, 0.25) is 0 Å². The van der Waals surface area contributed by atoms with Crippen LogP contribution in [0.5, 0.6) is 0 Å². The number of nitrogens with zero attached hydrogens (tertiary/aromatic N) is 2. The molecule has 7 heteroatoms. The van der Waals surface area contributed by atoms with Crippen molar-refractivity contribution in [1.29, 1.82) is 0 Å². The Morgan fingerprint density at radius 2 is 2.44 bits per heavy atom. The molecule has 0 aromatic carbocycles. The van der Waals surface area contributed by atoms with Crippen molar-refractivity contribution in [2.75, 3.05) is 5.32 Å². The van der Waals surface area contributed by atoms with Crippen LogP contribution in [0.4, 0.5) is 5.69 Å². The van der Waals surface area contributed by atoms with Crippen molar-refractivity contribution in [3.05, 3.63) is 33.1 Å². The first-order valence-corrected chi connectivity index (χ1v) is 6.48. The standard InChI is InChI=1S/C11H14N4O2S/c1-8-7-18-11(17)15(8)4-2-3-10(16)14-9-5-12-13-6-9/h5-7H,2-4H2,1H3,(H,12,13)(H,14,16). The van der Waals surface area contributed by atoms with Crippen molar-refractivity contribution in [3.63, 3.8) is 0 Å². The van der Waals surface area contributed by atoms with Gasteiger partial charge in [0.15, 0.2) is 0 Å². The maximum absolute atomic E-state index is 11.6. The minimum Gasteiger partial charge on any atom is -0.323 e. The molecule has 18 heavy (non-hydrogen) atoms. The molecule has 0 saturated heterocycles. The number of rotatable bonds is 5. The molecule has 2 rings (SSSR count). The molecule has 6 nitrogen and oxygen atoms in total. The molecular formula is C11H14N4O2S. The van der Waals surface area contributed by atoms with Gasteiger partial charge in [-0.3, -0.25) is 14.7 Å². The van der Waals surface area contributed by atoms with Crippen LogP contribution >= 0.6 is 11.3 Å². The van der Waals surface area contributed by atoms with Crippen molar-refractivity contribution in [2.45, 2.75) is 26.3 Å². The second-order valence-corrected chi connectivity index (χ2v) is 4.75. The fourth-order valence-electron chi connectivity index (χ4n) is 1.62. The summed E-state index contributed by atoms with van der Waals surface area (Å²) in [6.07, 6.45) is 4.19. The van der Waals surface area contributed by atoms with Gasteiger partial charge in [-0.2, -0.15) is 5.10 Å². The summed E-state index contributed by atoms with van der Waals surface area (Å²) in [5.41, 5.74) is 1.60. The van der Waals surface area contributed by atoms with E-state index >= 15 is 0 Å². The van der Waals surface area contributed by atoms with Crippen LogP contribution in [0.25, 0.3) is 0 Å². The van der Waals surface area contributed by atoms with Crippen LogP contribution in [0.15, 0.2) is 22.6 Å². The highest BCUT2D eigenvalue weighted by Gasteiger charge is 2.05. The molecule has 2 heterocycles. The van der Waals surface area contributed by atoms with Crippen LogP contribution in [-0.2, 0) is 11.3 Å². The van der Waals surface area contributed by atoms with Crippen LogP contribution in [0.3, 0.4) is 0 Å². The SMILES string of the molecule is Cc1csc(=O)n1CCCC(=O)Nc1cn[nH]c1. The Balaban J connectivity index is 1.79. The molecule has 0 unspecified atom stereocenters. The molecule has 0 atom stereocenters. The predicted molar refractivity (Wildman–Crippen MR) is 69.8 cm³/mol. The Morgan fingerprint density at radius 1 is 1.61 bits per heavy atom. The number of thiazole rings is 1. The molecule has 2 N–H and O–H groups in total. The molecular weight excluding hydrogens is 252 g/mol. The maximum atomic E-state index is 11.6. The van der Waals surface area contributed by atoms with E-state index in [2.05, 4.69) is 15.5 Å². The second kappa shape index (κ2) is 5.63. The Kier molecular flexibility index (Phi) is 3.93. The van der Waals surface area contributed by atoms with Crippen LogP contribution in [0, 0.1) is 6.92 Å². The lowest BCUT2D eigenvalue weighted by molar-refractivity contribution is -0.116. The average molecular weight is 266 g/mol. The summed E-state index contributed by atoms with van der Waals surface area (Å²) in [4.78, 5) is 23.0. The molecule has 0 spiro atoms. The molecule has 0 aliphatic rings. The van der Waals surface area contributed by atoms with E-state index in [4.69, 9.17) is 0 Å². The van der Waals surface area contributed by atoms with E-state index in [0.29, 0.717) is 25.1 Å². The normalized spacial score (nSPS) is 10.5. The van der Waals surface area contributed by atoms with Crippen LogP contribution in [-0.4, -0.2) is 20.7 Å². The monoisotopic (exact) mass is 266 g/mol. The lowest BCUT2D eigenvalue weighted by Gasteiger charge is -2.04. The second-order valence-electron chi connectivity index (χ2n) is 3.93. The molecule has 96 valence electrons. The first-order chi connectivity index (χ1) is 8.66. The number of nitrogens with one attached hydrogen (secondary N) is 2. The third kappa shape index (κ3) is 3.07. The van der Waals surface area contributed by atoms with Crippen molar-refractivity contribution < 1.29 is 4.79 Å². The van der Waals surface area contributed by atoms with E-state index < -0.39 is 0 Å². The van der Waals surface area contributed by atoms with Gasteiger partial charge in [-0.25, -0.2) is 0 Å². The van der Waals surface area contributed by atoms with Crippen molar-refractivity contribution in [2.24, 2.45) is 0 Å². The van der Waals surface area contributed by atoms with Gasteiger partial charge in [0.2, 0.25) is 5.91 Å². The van der Waals surface area contributed by atoms with Gasteiger partial charge >= 0.3 is 4.87 Å². The van der Waals surface area contributed by atoms with Gasteiger partial charge in [0.1, 0.15) is 0 Å². The summed E-state index contributed by atoms with van der Waals surface area (Å²) in [6, 6.07) is 0. The minimum absolute atomic E-state index is 0.0303. The smallest absolute Gasteiger partial charge is 0.307 e. The van der Waals surface area contributed by atoms with Gasteiger partial charge in [-0.15, -0.1) is 0 Å².